The third-order valence-corrected chi connectivity index (χ3v) is 4.09. The maximum atomic E-state index is 12.3. The van der Waals surface area contributed by atoms with Gasteiger partial charge in [0.2, 0.25) is 0 Å². The van der Waals surface area contributed by atoms with E-state index >= 15 is 0 Å². The van der Waals surface area contributed by atoms with Gasteiger partial charge in [-0.15, -0.1) is 0 Å². The summed E-state index contributed by atoms with van der Waals surface area (Å²) >= 11 is 11.8. The van der Waals surface area contributed by atoms with Gasteiger partial charge in [0.05, 0.1) is 10.0 Å². The maximum Gasteiger partial charge on any atom is 0.187 e. The van der Waals surface area contributed by atoms with Gasteiger partial charge in [0.15, 0.2) is 5.78 Å². The largest absolute Gasteiger partial charge is 0.292 e. The molecule has 0 saturated carbocycles. The van der Waals surface area contributed by atoms with Gasteiger partial charge in [0, 0.05) is 12.6 Å². The lowest BCUT2D eigenvalue weighted by Crippen LogP contribution is -2.07. The van der Waals surface area contributed by atoms with Gasteiger partial charge in [-0.25, -0.2) is 4.98 Å². The standard InChI is InChI=1S/C16H13Cl2NO/c17-13-8-14(18)16(19-9-13)15(20)7-10-4-5-11-2-1-3-12(11)6-10/h4-6,8-9H,1-3,7H2. The molecule has 4 heteroatoms. The molecule has 0 amide bonds. The minimum absolute atomic E-state index is 0.0791. The lowest BCUT2D eigenvalue weighted by atomic mass is 10.0. The predicted octanol–water partition coefficient (Wildman–Crippen LogP) is 4.30. The number of ketones is 1. The molecule has 0 atom stereocenters. The molecule has 1 aliphatic carbocycles. The molecule has 1 aliphatic rings. The molecule has 0 spiro atoms. The summed E-state index contributed by atoms with van der Waals surface area (Å²) in [6, 6.07) is 7.82. The number of fused-ring (bicyclic) bond motifs is 1. The smallest absolute Gasteiger partial charge is 0.187 e. The van der Waals surface area contributed by atoms with E-state index in [4.69, 9.17) is 23.2 Å². The van der Waals surface area contributed by atoms with Gasteiger partial charge in [0.25, 0.3) is 0 Å². The highest BCUT2D eigenvalue weighted by Gasteiger charge is 2.15. The number of rotatable bonds is 3. The number of halogens is 2. The van der Waals surface area contributed by atoms with Gasteiger partial charge in [-0.1, -0.05) is 41.4 Å². The highest BCUT2D eigenvalue weighted by molar-refractivity contribution is 6.36. The summed E-state index contributed by atoms with van der Waals surface area (Å²) in [7, 11) is 0. The lowest BCUT2D eigenvalue weighted by Gasteiger charge is -2.06. The summed E-state index contributed by atoms with van der Waals surface area (Å²) in [5.74, 6) is -0.0791. The van der Waals surface area contributed by atoms with Crippen molar-refractivity contribution in [3.63, 3.8) is 0 Å². The van der Waals surface area contributed by atoms with Crippen LogP contribution in [0, 0.1) is 0 Å². The number of benzene rings is 1. The number of aromatic nitrogens is 1. The number of hydrogen-bond acceptors (Lipinski definition) is 2. The molecule has 20 heavy (non-hydrogen) atoms. The Balaban J connectivity index is 1.82. The molecule has 0 N–H and O–H groups in total. The van der Waals surface area contributed by atoms with Crippen molar-refractivity contribution in [2.24, 2.45) is 0 Å². The van der Waals surface area contributed by atoms with Crippen molar-refractivity contribution < 1.29 is 4.79 Å². The van der Waals surface area contributed by atoms with Crippen LogP contribution in [-0.4, -0.2) is 10.8 Å². The summed E-state index contributed by atoms with van der Waals surface area (Å²) in [5.41, 5.74) is 4.08. The number of hydrogen-bond donors (Lipinski definition) is 0. The Morgan fingerprint density at radius 2 is 1.95 bits per heavy atom. The van der Waals surface area contributed by atoms with Gasteiger partial charge in [-0.2, -0.15) is 0 Å². The van der Waals surface area contributed by atoms with E-state index in [1.807, 2.05) is 6.07 Å². The van der Waals surface area contributed by atoms with Gasteiger partial charge in [0.1, 0.15) is 5.69 Å². The van der Waals surface area contributed by atoms with Crippen LogP contribution in [0.2, 0.25) is 10.0 Å². The molecule has 2 aromatic rings. The van der Waals surface area contributed by atoms with E-state index < -0.39 is 0 Å². The van der Waals surface area contributed by atoms with E-state index in [2.05, 4.69) is 17.1 Å². The molecule has 1 aromatic carbocycles. The van der Waals surface area contributed by atoms with Crippen LogP contribution in [0.3, 0.4) is 0 Å². The summed E-state index contributed by atoms with van der Waals surface area (Å²) in [6.45, 7) is 0. The van der Waals surface area contributed by atoms with Crippen LogP contribution in [0.15, 0.2) is 30.5 Å². The average molecular weight is 306 g/mol. The van der Waals surface area contributed by atoms with Crippen molar-refractivity contribution in [2.45, 2.75) is 25.7 Å². The Morgan fingerprint density at radius 1 is 1.15 bits per heavy atom. The number of carbonyl (C=O) groups is 1. The third kappa shape index (κ3) is 2.72. The number of Topliss-reactive ketones (excluding diaryl/α,β-unsaturated/α-hetero) is 1. The van der Waals surface area contributed by atoms with E-state index in [1.165, 1.54) is 23.7 Å². The maximum absolute atomic E-state index is 12.3. The zero-order valence-electron chi connectivity index (χ0n) is 10.8. The summed E-state index contributed by atoms with van der Waals surface area (Å²) in [5, 5.41) is 0.743. The number of pyridine rings is 1. The SMILES string of the molecule is O=C(Cc1ccc2c(c1)CCC2)c1ncc(Cl)cc1Cl. The van der Waals surface area contributed by atoms with Crippen molar-refractivity contribution in [1.29, 1.82) is 0 Å². The zero-order valence-corrected chi connectivity index (χ0v) is 12.3. The molecule has 102 valence electrons. The van der Waals surface area contributed by atoms with Gasteiger partial charge >= 0.3 is 0 Å². The van der Waals surface area contributed by atoms with Gasteiger partial charge in [-0.05, 0) is 42.0 Å². The fourth-order valence-corrected chi connectivity index (χ4v) is 3.11. The van der Waals surface area contributed by atoms with Crippen molar-refractivity contribution in [2.75, 3.05) is 0 Å². The van der Waals surface area contributed by atoms with Crippen LogP contribution >= 0.6 is 23.2 Å². The minimum atomic E-state index is -0.0791. The normalized spacial score (nSPS) is 13.3. The molecule has 0 aliphatic heterocycles. The fraction of sp³-hybridized carbons (Fsp3) is 0.250. The van der Waals surface area contributed by atoms with Crippen molar-refractivity contribution >= 4 is 29.0 Å². The Hall–Kier alpha value is -1.38. The summed E-state index contributed by atoms with van der Waals surface area (Å²) < 4.78 is 0. The highest BCUT2D eigenvalue weighted by Crippen LogP contribution is 2.24. The molecule has 1 aromatic heterocycles. The molecule has 0 radical (unpaired) electrons. The Morgan fingerprint density at radius 3 is 2.75 bits per heavy atom. The Labute approximate surface area is 127 Å². The van der Waals surface area contributed by atoms with E-state index in [-0.39, 0.29) is 11.5 Å². The second-order valence-corrected chi connectivity index (χ2v) is 5.88. The molecule has 1 heterocycles. The van der Waals surface area contributed by atoms with Crippen molar-refractivity contribution in [3.8, 4) is 0 Å². The lowest BCUT2D eigenvalue weighted by molar-refractivity contribution is 0.0988. The van der Waals surface area contributed by atoms with Crippen LogP contribution in [0.5, 0.6) is 0 Å². The summed E-state index contributed by atoms with van der Waals surface area (Å²) in [4.78, 5) is 16.3. The quantitative estimate of drug-likeness (QED) is 0.791. The third-order valence-electron chi connectivity index (χ3n) is 3.60. The zero-order chi connectivity index (χ0) is 14.1. The second-order valence-electron chi connectivity index (χ2n) is 5.04. The van der Waals surface area contributed by atoms with Crippen molar-refractivity contribution in [3.05, 3.63) is 62.9 Å². The van der Waals surface area contributed by atoms with Gasteiger partial charge in [-0.3, -0.25) is 4.79 Å². The van der Waals surface area contributed by atoms with Crippen LogP contribution in [0.1, 0.15) is 33.6 Å². The molecule has 0 fully saturated rings. The van der Waals surface area contributed by atoms with Crippen LogP contribution < -0.4 is 0 Å². The number of carbonyl (C=O) groups excluding carboxylic acids is 1. The average Bonchev–Trinajstić information content (AvgIpc) is 2.85. The van der Waals surface area contributed by atoms with E-state index in [1.54, 1.807) is 6.07 Å². The van der Waals surface area contributed by atoms with E-state index in [0.29, 0.717) is 16.5 Å². The first-order chi connectivity index (χ1) is 9.63. The van der Waals surface area contributed by atoms with E-state index in [9.17, 15) is 4.79 Å². The number of nitrogens with zero attached hydrogens (tertiary/aromatic N) is 1. The first-order valence-corrected chi connectivity index (χ1v) is 7.34. The highest BCUT2D eigenvalue weighted by atomic mass is 35.5. The van der Waals surface area contributed by atoms with Crippen LogP contribution in [-0.2, 0) is 19.3 Å². The minimum Gasteiger partial charge on any atom is -0.292 e. The molecule has 0 bridgehead atoms. The second kappa shape index (κ2) is 5.55. The Kier molecular flexibility index (Phi) is 3.77. The monoisotopic (exact) mass is 305 g/mol. The van der Waals surface area contributed by atoms with Crippen molar-refractivity contribution in [1.82, 2.24) is 4.98 Å². The molecule has 0 saturated heterocycles. The summed E-state index contributed by atoms with van der Waals surface area (Å²) in [6.07, 6.45) is 5.23. The number of aryl methyl sites for hydroxylation is 2. The molecule has 2 nitrogen and oxygen atoms in total. The fourth-order valence-electron chi connectivity index (χ4n) is 2.62. The van der Waals surface area contributed by atoms with E-state index in [0.717, 1.165) is 18.4 Å². The molecule has 3 rings (SSSR count). The first kappa shape index (κ1) is 13.6. The van der Waals surface area contributed by atoms with Gasteiger partial charge < -0.3 is 0 Å². The Bertz CT molecular complexity index is 682. The molecular formula is C16H13Cl2NO. The molecule has 0 unspecified atom stereocenters. The molecular weight excluding hydrogens is 293 g/mol. The predicted molar refractivity (Wildman–Crippen MR) is 80.8 cm³/mol. The topological polar surface area (TPSA) is 30.0 Å². The first-order valence-electron chi connectivity index (χ1n) is 6.58. The van der Waals surface area contributed by atoms with Crippen LogP contribution in [0.4, 0.5) is 0 Å². The van der Waals surface area contributed by atoms with Crippen LogP contribution in [0.25, 0.3) is 0 Å².